The summed E-state index contributed by atoms with van der Waals surface area (Å²) in [4.78, 5) is 22.9. The van der Waals surface area contributed by atoms with Gasteiger partial charge in [0.2, 0.25) is 5.91 Å². The minimum absolute atomic E-state index is 0.139. The SMILES string of the molecule is CCCCCc1ccc(C=CC(=O)Nc2cccc(C(=O)O)c2)cc1. The van der Waals surface area contributed by atoms with Gasteiger partial charge in [0.1, 0.15) is 0 Å². The number of aryl methyl sites for hydroxylation is 1. The predicted octanol–water partition coefficient (Wildman–Crippen LogP) is 4.77. The maximum Gasteiger partial charge on any atom is 0.335 e. The lowest BCUT2D eigenvalue weighted by Gasteiger charge is -2.03. The molecule has 0 fully saturated rings. The summed E-state index contributed by atoms with van der Waals surface area (Å²) in [5.41, 5.74) is 2.86. The van der Waals surface area contributed by atoms with E-state index in [1.165, 1.54) is 43.0 Å². The number of aromatic carboxylic acids is 1. The molecular weight excluding hydrogens is 314 g/mol. The molecule has 2 N–H and O–H groups in total. The molecular formula is C21H23NO3. The minimum Gasteiger partial charge on any atom is -0.478 e. The number of carbonyl (C=O) groups is 2. The lowest BCUT2D eigenvalue weighted by Crippen LogP contribution is -2.08. The van der Waals surface area contributed by atoms with E-state index in [1.807, 2.05) is 12.1 Å². The summed E-state index contributed by atoms with van der Waals surface area (Å²) in [5.74, 6) is -1.32. The molecule has 0 unspecified atom stereocenters. The molecule has 0 saturated heterocycles. The van der Waals surface area contributed by atoms with E-state index in [-0.39, 0.29) is 11.5 Å². The van der Waals surface area contributed by atoms with E-state index in [1.54, 1.807) is 18.2 Å². The fourth-order valence-electron chi connectivity index (χ4n) is 2.46. The summed E-state index contributed by atoms with van der Waals surface area (Å²) in [6, 6.07) is 14.3. The Morgan fingerprint density at radius 1 is 1.08 bits per heavy atom. The van der Waals surface area contributed by atoms with Crippen LogP contribution in [0.3, 0.4) is 0 Å². The highest BCUT2D eigenvalue weighted by Gasteiger charge is 2.04. The number of hydrogen-bond acceptors (Lipinski definition) is 2. The Bertz CT molecular complexity index is 748. The van der Waals surface area contributed by atoms with Crippen LogP contribution in [-0.4, -0.2) is 17.0 Å². The zero-order chi connectivity index (χ0) is 18.1. The number of hydrogen-bond donors (Lipinski definition) is 2. The second-order valence-corrected chi connectivity index (χ2v) is 5.91. The van der Waals surface area contributed by atoms with Gasteiger partial charge in [-0.2, -0.15) is 0 Å². The van der Waals surface area contributed by atoms with E-state index in [0.717, 1.165) is 12.0 Å². The number of carboxylic acids is 1. The van der Waals surface area contributed by atoms with Crippen LogP contribution in [0.1, 0.15) is 47.7 Å². The third-order valence-electron chi connectivity index (χ3n) is 3.85. The van der Waals surface area contributed by atoms with E-state index < -0.39 is 5.97 Å². The Morgan fingerprint density at radius 3 is 2.52 bits per heavy atom. The first-order chi connectivity index (χ1) is 12.1. The number of unbranched alkanes of at least 4 members (excludes halogenated alkanes) is 2. The monoisotopic (exact) mass is 337 g/mol. The van der Waals surface area contributed by atoms with Crippen molar-refractivity contribution in [2.75, 3.05) is 5.32 Å². The van der Waals surface area contributed by atoms with Crippen molar-refractivity contribution in [3.05, 3.63) is 71.3 Å². The molecule has 0 aliphatic heterocycles. The van der Waals surface area contributed by atoms with Gasteiger partial charge in [0.15, 0.2) is 0 Å². The molecule has 0 radical (unpaired) electrons. The smallest absolute Gasteiger partial charge is 0.335 e. The molecule has 0 spiro atoms. The van der Waals surface area contributed by atoms with E-state index in [2.05, 4.69) is 24.4 Å². The van der Waals surface area contributed by atoms with Gasteiger partial charge in [0, 0.05) is 11.8 Å². The van der Waals surface area contributed by atoms with Crippen molar-refractivity contribution in [3.63, 3.8) is 0 Å². The maximum atomic E-state index is 12.0. The van der Waals surface area contributed by atoms with E-state index in [9.17, 15) is 9.59 Å². The molecule has 0 saturated carbocycles. The molecule has 4 nitrogen and oxygen atoms in total. The number of carboxylic acid groups (broad SMARTS) is 1. The molecule has 0 bridgehead atoms. The minimum atomic E-state index is -1.02. The Hall–Kier alpha value is -2.88. The second kappa shape index (κ2) is 9.42. The van der Waals surface area contributed by atoms with Crippen LogP contribution >= 0.6 is 0 Å². The third kappa shape index (κ3) is 6.26. The Morgan fingerprint density at radius 2 is 1.84 bits per heavy atom. The van der Waals surface area contributed by atoms with Crippen molar-refractivity contribution < 1.29 is 14.7 Å². The standard InChI is InChI=1S/C21H23NO3/c1-2-3-4-6-16-9-11-17(12-10-16)13-14-20(23)22-19-8-5-7-18(15-19)21(24)25/h5,7-15H,2-4,6H2,1H3,(H,22,23)(H,24,25). The van der Waals surface area contributed by atoms with Gasteiger partial charge in [-0.15, -0.1) is 0 Å². The summed E-state index contributed by atoms with van der Waals surface area (Å²) in [6.07, 6.45) is 7.92. The highest BCUT2D eigenvalue weighted by Crippen LogP contribution is 2.12. The summed E-state index contributed by atoms with van der Waals surface area (Å²) >= 11 is 0. The summed E-state index contributed by atoms with van der Waals surface area (Å²) in [6.45, 7) is 2.19. The molecule has 0 atom stereocenters. The molecule has 25 heavy (non-hydrogen) atoms. The third-order valence-corrected chi connectivity index (χ3v) is 3.85. The fraction of sp³-hybridized carbons (Fsp3) is 0.238. The molecule has 0 heterocycles. The summed E-state index contributed by atoms with van der Waals surface area (Å²) < 4.78 is 0. The van der Waals surface area contributed by atoms with Crippen LogP contribution in [0, 0.1) is 0 Å². The average Bonchev–Trinajstić information content (AvgIpc) is 2.61. The highest BCUT2D eigenvalue weighted by atomic mass is 16.4. The van der Waals surface area contributed by atoms with Crippen molar-refractivity contribution in [1.82, 2.24) is 0 Å². The Kier molecular flexibility index (Phi) is 6.96. The van der Waals surface area contributed by atoms with Crippen LogP contribution in [0.4, 0.5) is 5.69 Å². The van der Waals surface area contributed by atoms with Gasteiger partial charge >= 0.3 is 5.97 Å². The van der Waals surface area contributed by atoms with Crippen LogP contribution in [0.5, 0.6) is 0 Å². The number of anilines is 1. The first-order valence-corrected chi connectivity index (χ1v) is 8.50. The number of nitrogens with one attached hydrogen (secondary N) is 1. The van der Waals surface area contributed by atoms with Crippen molar-refractivity contribution >= 4 is 23.6 Å². The molecule has 0 aliphatic carbocycles. The van der Waals surface area contributed by atoms with Crippen LogP contribution in [0.2, 0.25) is 0 Å². The average molecular weight is 337 g/mol. The van der Waals surface area contributed by atoms with Crippen LogP contribution < -0.4 is 5.32 Å². The fourth-order valence-corrected chi connectivity index (χ4v) is 2.46. The van der Waals surface area contributed by atoms with Crippen LogP contribution in [0.15, 0.2) is 54.6 Å². The van der Waals surface area contributed by atoms with Crippen LogP contribution in [-0.2, 0) is 11.2 Å². The molecule has 2 aromatic carbocycles. The van der Waals surface area contributed by atoms with Crippen LogP contribution in [0.25, 0.3) is 6.08 Å². The normalized spacial score (nSPS) is 10.8. The first kappa shape index (κ1) is 18.5. The number of amides is 1. The largest absolute Gasteiger partial charge is 0.478 e. The van der Waals surface area contributed by atoms with Gasteiger partial charge in [0.05, 0.1) is 5.56 Å². The quantitative estimate of drug-likeness (QED) is 0.538. The summed E-state index contributed by atoms with van der Waals surface area (Å²) in [5, 5.41) is 11.6. The lowest BCUT2D eigenvalue weighted by atomic mass is 10.1. The highest BCUT2D eigenvalue weighted by molar-refractivity contribution is 6.02. The van der Waals surface area contributed by atoms with E-state index >= 15 is 0 Å². The van der Waals surface area contributed by atoms with Crippen molar-refractivity contribution in [2.24, 2.45) is 0 Å². The van der Waals surface area contributed by atoms with Crippen molar-refractivity contribution in [1.29, 1.82) is 0 Å². The molecule has 2 rings (SSSR count). The predicted molar refractivity (Wildman–Crippen MR) is 101 cm³/mol. The molecule has 0 aliphatic rings. The van der Waals surface area contributed by atoms with Gasteiger partial charge in [-0.25, -0.2) is 4.79 Å². The van der Waals surface area contributed by atoms with Gasteiger partial charge in [-0.05, 0) is 48.2 Å². The van der Waals surface area contributed by atoms with Gasteiger partial charge < -0.3 is 10.4 Å². The van der Waals surface area contributed by atoms with Gasteiger partial charge in [-0.3, -0.25) is 4.79 Å². The topological polar surface area (TPSA) is 66.4 Å². The van der Waals surface area contributed by atoms with Crippen molar-refractivity contribution in [3.8, 4) is 0 Å². The Labute approximate surface area is 148 Å². The molecule has 0 aromatic heterocycles. The van der Waals surface area contributed by atoms with Crippen molar-refractivity contribution in [2.45, 2.75) is 32.6 Å². The van der Waals surface area contributed by atoms with Gasteiger partial charge in [-0.1, -0.05) is 50.1 Å². The lowest BCUT2D eigenvalue weighted by molar-refractivity contribution is -0.111. The number of benzene rings is 2. The van der Waals surface area contributed by atoms with E-state index in [4.69, 9.17) is 5.11 Å². The molecule has 1 amide bonds. The zero-order valence-electron chi connectivity index (χ0n) is 14.4. The first-order valence-electron chi connectivity index (χ1n) is 8.50. The molecule has 2 aromatic rings. The molecule has 4 heteroatoms. The summed E-state index contributed by atoms with van der Waals surface area (Å²) in [7, 11) is 0. The number of rotatable bonds is 8. The van der Waals surface area contributed by atoms with Gasteiger partial charge in [0.25, 0.3) is 0 Å². The maximum absolute atomic E-state index is 12.0. The second-order valence-electron chi connectivity index (χ2n) is 5.91. The Balaban J connectivity index is 1.91. The molecule has 130 valence electrons. The van der Waals surface area contributed by atoms with E-state index in [0.29, 0.717) is 5.69 Å². The number of carbonyl (C=O) groups excluding carboxylic acids is 1. The zero-order valence-corrected chi connectivity index (χ0v) is 14.4.